The number of anilines is 1. The number of methoxy groups -OCH3 is 1. The Morgan fingerprint density at radius 3 is 2.60 bits per heavy atom. The number of halogens is 4. The number of benzene rings is 1. The maximum Gasteiger partial charge on any atom is 0.417 e. The van der Waals surface area contributed by atoms with Gasteiger partial charge in [0.1, 0.15) is 5.75 Å². The van der Waals surface area contributed by atoms with Gasteiger partial charge in [0.25, 0.3) is 5.91 Å². The van der Waals surface area contributed by atoms with Crippen LogP contribution in [0.2, 0.25) is 5.02 Å². The van der Waals surface area contributed by atoms with Crippen molar-refractivity contribution >= 4 is 23.3 Å². The van der Waals surface area contributed by atoms with E-state index in [0.717, 1.165) is 22.4 Å². The number of amides is 1. The lowest BCUT2D eigenvalue weighted by molar-refractivity contribution is -0.163. The van der Waals surface area contributed by atoms with Gasteiger partial charge in [-0.1, -0.05) is 23.7 Å². The van der Waals surface area contributed by atoms with E-state index >= 15 is 0 Å². The van der Waals surface area contributed by atoms with Gasteiger partial charge in [0.15, 0.2) is 11.9 Å². The van der Waals surface area contributed by atoms with Crippen LogP contribution in [0.1, 0.15) is 23.6 Å². The monoisotopic (exact) mass is 444 g/mol. The number of hydrazine groups is 1. The number of nitrogens with one attached hydrogen (secondary N) is 1. The fraction of sp³-hybridized carbons (Fsp3) is 0.368. The Hall–Kier alpha value is -2.56. The number of hydrogen-bond acceptors (Lipinski definition) is 6. The fourth-order valence-corrected chi connectivity index (χ4v) is 3.41. The van der Waals surface area contributed by atoms with E-state index in [0.29, 0.717) is 12.6 Å². The molecule has 0 spiro atoms. The first-order chi connectivity index (χ1) is 14.1. The number of rotatable bonds is 5. The third-order valence-electron chi connectivity index (χ3n) is 4.71. The van der Waals surface area contributed by atoms with Crippen molar-refractivity contribution in [2.75, 3.05) is 26.2 Å². The van der Waals surface area contributed by atoms with Gasteiger partial charge in [-0.2, -0.15) is 18.2 Å². The largest absolute Gasteiger partial charge is 0.497 e. The number of hydroxylamine groups is 2. The van der Waals surface area contributed by atoms with Gasteiger partial charge < -0.3 is 4.74 Å². The van der Waals surface area contributed by atoms with Crippen molar-refractivity contribution in [2.45, 2.75) is 24.7 Å². The minimum Gasteiger partial charge on any atom is -0.497 e. The predicted molar refractivity (Wildman–Crippen MR) is 104 cm³/mol. The predicted octanol–water partition coefficient (Wildman–Crippen LogP) is 3.61. The summed E-state index contributed by atoms with van der Waals surface area (Å²) in [4.78, 5) is 22.0. The first-order valence-corrected chi connectivity index (χ1v) is 9.28. The molecule has 1 saturated heterocycles. The summed E-state index contributed by atoms with van der Waals surface area (Å²) in [6.07, 6.45) is -4.31. The van der Waals surface area contributed by atoms with E-state index in [1.807, 2.05) is 24.3 Å². The number of aromatic nitrogens is 1. The smallest absolute Gasteiger partial charge is 0.417 e. The summed E-state index contributed by atoms with van der Waals surface area (Å²) in [6, 6.07) is 8.03. The number of hydrogen-bond donors (Lipinski definition) is 1. The molecule has 0 radical (unpaired) electrons. The summed E-state index contributed by atoms with van der Waals surface area (Å²) in [5, 5.41) is 2.51. The van der Waals surface area contributed by atoms with Gasteiger partial charge in [-0.25, -0.2) is 4.98 Å². The summed E-state index contributed by atoms with van der Waals surface area (Å²) in [7, 11) is 4.73. The van der Waals surface area contributed by atoms with Crippen molar-refractivity contribution in [1.82, 2.24) is 15.5 Å². The SMILES string of the molecule is COc1ccc([C@H]2C[C@@H](C(=O)NN(C)c3ncc(C(F)(F)F)cc3Cl)ON2C)cc1. The van der Waals surface area contributed by atoms with Crippen LogP contribution in [0.5, 0.6) is 5.75 Å². The van der Waals surface area contributed by atoms with E-state index in [-0.39, 0.29) is 16.9 Å². The fourth-order valence-electron chi connectivity index (χ4n) is 3.12. The molecular formula is C19H20ClF3N4O3. The van der Waals surface area contributed by atoms with E-state index in [2.05, 4.69) is 10.4 Å². The van der Waals surface area contributed by atoms with Crippen molar-refractivity contribution in [2.24, 2.45) is 0 Å². The van der Waals surface area contributed by atoms with Gasteiger partial charge in [0, 0.05) is 26.7 Å². The molecule has 11 heteroatoms. The second-order valence-corrected chi connectivity index (χ2v) is 7.13. The lowest BCUT2D eigenvalue weighted by atomic mass is 10.0. The standard InChI is InChI=1S/C19H20ClF3N4O3/c1-26(17-14(20)8-12(10-24-17)19(21,22)23)25-18(28)16-9-15(27(2)30-16)11-4-6-13(29-3)7-5-11/h4-8,10,15-16H,9H2,1-3H3,(H,25,28)/t15-,16+/m1/s1. The molecule has 0 bridgehead atoms. The molecule has 2 heterocycles. The molecule has 1 aliphatic heterocycles. The molecule has 1 N–H and O–H groups in total. The molecule has 162 valence electrons. The molecule has 1 aromatic carbocycles. The van der Waals surface area contributed by atoms with Crippen LogP contribution in [0.25, 0.3) is 0 Å². The zero-order valence-corrected chi connectivity index (χ0v) is 17.2. The van der Waals surface area contributed by atoms with Crippen LogP contribution in [0, 0.1) is 0 Å². The average Bonchev–Trinajstić information content (AvgIpc) is 3.09. The minimum absolute atomic E-state index is 0.0175. The van der Waals surface area contributed by atoms with Crippen molar-refractivity contribution < 1.29 is 27.5 Å². The van der Waals surface area contributed by atoms with E-state index in [1.165, 1.54) is 7.05 Å². The zero-order valence-electron chi connectivity index (χ0n) is 16.4. The second kappa shape index (κ2) is 8.66. The Morgan fingerprint density at radius 1 is 1.37 bits per heavy atom. The Labute approximate surface area is 176 Å². The quantitative estimate of drug-likeness (QED) is 0.711. The van der Waals surface area contributed by atoms with E-state index in [9.17, 15) is 18.0 Å². The van der Waals surface area contributed by atoms with Crippen LogP contribution in [0.15, 0.2) is 36.5 Å². The maximum absolute atomic E-state index is 12.8. The Kier molecular flexibility index (Phi) is 6.39. The lowest BCUT2D eigenvalue weighted by Gasteiger charge is -2.22. The molecule has 1 aliphatic rings. The van der Waals surface area contributed by atoms with Gasteiger partial charge >= 0.3 is 6.18 Å². The summed E-state index contributed by atoms with van der Waals surface area (Å²) in [5.41, 5.74) is 2.52. The molecule has 3 rings (SSSR count). The average molecular weight is 445 g/mol. The Morgan fingerprint density at radius 2 is 2.03 bits per heavy atom. The topological polar surface area (TPSA) is 66.9 Å². The van der Waals surface area contributed by atoms with Gasteiger partial charge in [0.2, 0.25) is 0 Å². The van der Waals surface area contributed by atoms with Gasteiger partial charge in [0.05, 0.1) is 23.7 Å². The van der Waals surface area contributed by atoms with Gasteiger partial charge in [-0.05, 0) is 23.8 Å². The third kappa shape index (κ3) is 4.77. The van der Waals surface area contributed by atoms with Crippen LogP contribution in [-0.4, -0.2) is 43.3 Å². The highest BCUT2D eigenvalue weighted by molar-refractivity contribution is 6.33. The highest BCUT2D eigenvalue weighted by Gasteiger charge is 2.37. The molecule has 0 saturated carbocycles. The van der Waals surface area contributed by atoms with Crippen molar-refractivity contribution in [3.8, 4) is 5.75 Å². The summed E-state index contributed by atoms with van der Waals surface area (Å²) >= 11 is 5.92. The highest BCUT2D eigenvalue weighted by atomic mass is 35.5. The van der Waals surface area contributed by atoms with Crippen LogP contribution < -0.4 is 15.2 Å². The molecule has 30 heavy (non-hydrogen) atoms. The molecule has 0 aliphatic carbocycles. The van der Waals surface area contributed by atoms with Crippen LogP contribution in [0.3, 0.4) is 0 Å². The summed E-state index contributed by atoms with van der Waals surface area (Å²) < 4.78 is 43.4. The third-order valence-corrected chi connectivity index (χ3v) is 4.99. The minimum atomic E-state index is -4.56. The number of nitrogens with zero attached hydrogens (tertiary/aromatic N) is 3. The zero-order chi connectivity index (χ0) is 22.1. The number of carbonyl (C=O) groups excluding carboxylic acids is 1. The van der Waals surface area contributed by atoms with Crippen molar-refractivity contribution in [3.63, 3.8) is 0 Å². The van der Waals surface area contributed by atoms with Crippen LogP contribution >= 0.6 is 11.6 Å². The molecule has 1 amide bonds. The normalized spacial score (nSPS) is 19.6. The number of pyridine rings is 1. The molecule has 2 aromatic rings. The summed E-state index contributed by atoms with van der Waals surface area (Å²) in [6.45, 7) is 0. The second-order valence-electron chi connectivity index (χ2n) is 6.73. The Bertz CT molecular complexity index is 911. The van der Waals surface area contributed by atoms with E-state index < -0.39 is 23.8 Å². The highest BCUT2D eigenvalue weighted by Crippen LogP contribution is 2.35. The molecule has 1 fully saturated rings. The van der Waals surface area contributed by atoms with E-state index in [4.69, 9.17) is 21.2 Å². The Balaban J connectivity index is 1.66. The first-order valence-electron chi connectivity index (χ1n) is 8.90. The first kappa shape index (κ1) is 22.1. The number of alkyl halides is 3. The van der Waals surface area contributed by atoms with Crippen LogP contribution in [0.4, 0.5) is 19.0 Å². The summed E-state index contributed by atoms with van der Waals surface area (Å²) in [5.74, 6) is 0.228. The molecule has 2 atom stereocenters. The molecular weight excluding hydrogens is 425 g/mol. The lowest BCUT2D eigenvalue weighted by Crippen LogP contribution is -2.45. The van der Waals surface area contributed by atoms with E-state index in [1.54, 1.807) is 19.2 Å². The maximum atomic E-state index is 12.8. The van der Waals surface area contributed by atoms with Crippen LogP contribution in [-0.2, 0) is 15.8 Å². The molecule has 0 unspecified atom stereocenters. The van der Waals surface area contributed by atoms with Crippen molar-refractivity contribution in [1.29, 1.82) is 0 Å². The number of ether oxygens (including phenoxy) is 1. The van der Waals surface area contributed by atoms with Gasteiger partial charge in [-0.15, -0.1) is 0 Å². The number of carbonyl (C=O) groups is 1. The van der Waals surface area contributed by atoms with Crippen molar-refractivity contribution in [3.05, 3.63) is 52.7 Å². The molecule has 1 aromatic heterocycles. The van der Waals surface area contributed by atoms with Gasteiger partial charge in [-0.3, -0.25) is 20.1 Å². The molecule has 7 nitrogen and oxygen atoms in total.